The Kier molecular flexibility index (Phi) is 4.03. The van der Waals surface area contributed by atoms with Crippen molar-refractivity contribution in [2.24, 2.45) is 0 Å². The Morgan fingerprint density at radius 2 is 2.35 bits per heavy atom. The first-order chi connectivity index (χ1) is 11.3. The summed E-state index contributed by atoms with van der Waals surface area (Å²) < 4.78 is 2.05. The predicted molar refractivity (Wildman–Crippen MR) is 92.7 cm³/mol. The maximum atomic E-state index is 9.62. The number of anilines is 1. The summed E-state index contributed by atoms with van der Waals surface area (Å²) in [6, 6.07) is 8.53. The van der Waals surface area contributed by atoms with Gasteiger partial charge in [-0.3, -0.25) is 9.30 Å². The molecule has 1 aromatic carbocycles. The zero-order valence-electron chi connectivity index (χ0n) is 12.9. The zero-order valence-corrected chi connectivity index (χ0v) is 13.7. The van der Waals surface area contributed by atoms with Crippen molar-refractivity contribution in [3.8, 4) is 0 Å². The van der Waals surface area contributed by atoms with E-state index in [1.54, 1.807) is 11.3 Å². The monoisotopic (exact) mass is 328 g/mol. The van der Waals surface area contributed by atoms with E-state index in [2.05, 4.69) is 50.1 Å². The molecule has 1 fully saturated rings. The van der Waals surface area contributed by atoms with Crippen molar-refractivity contribution in [1.82, 2.24) is 14.3 Å². The molecule has 0 saturated carbocycles. The Balaban J connectivity index is 1.38. The van der Waals surface area contributed by atoms with Crippen LogP contribution in [0, 0.1) is 0 Å². The smallest absolute Gasteiger partial charge is 0.193 e. The quantitative estimate of drug-likeness (QED) is 0.756. The van der Waals surface area contributed by atoms with Gasteiger partial charge in [-0.2, -0.15) is 0 Å². The highest BCUT2D eigenvalue weighted by Gasteiger charge is 2.19. The average molecular weight is 328 g/mol. The largest absolute Gasteiger partial charge is 0.392 e. The van der Waals surface area contributed by atoms with Gasteiger partial charge in [0, 0.05) is 48.8 Å². The Morgan fingerprint density at radius 3 is 3.17 bits per heavy atom. The molecule has 3 aromatic rings. The fourth-order valence-electron chi connectivity index (χ4n) is 3.04. The molecular weight excluding hydrogens is 308 g/mol. The lowest BCUT2D eigenvalue weighted by molar-refractivity contribution is 0.175. The van der Waals surface area contributed by atoms with E-state index in [-0.39, 0.29) is 6.10 Å². The summed E-state index contributed by atoms with van der Waals surface area (Å²) >= 11 is 1.71. The van der Waals surface area contributed by atoms with Crippen molar-refractivity contribution in [3.05, 3.63) is 53.3 Å². The molecule has 2 N–H and O–H groups in total. The van der Waals surface area contributed by atoms with E-state index < -0.39 is 0 Å². The van der Waals surface area contributed by atoms with E-state index in [9.17, 15) is 5.11 Å². The number of hydrogen-bond donors (Lipinski definition) is 2. The van der Waals surface area contributed by atoms with Gasteiger partial charge >= 0.3 is 0 Å². The molecule has 4 rings (SSSR count). The minimum Gasteiger partial charge on any atom is -0.392 e. The van der Waals surface area contributed by atoms with Crippen molar-refractivity contribution in [2.75, 3.05) is 18.4 Å². The van der Waals surface area contributed by atoms with Gasteiger partial charge < -0.3 is 10.4 Å². The van der Waals surface area contributed by atoms with Crippen LogP contribution in [-0.2, 0) is 13.1 Å². The van der Waals surface area contributed by atoms with E-state index in [0.29, 0.717) is 0 Å². The Bertz CT molecular complexity index is 768. The maximum Gasteiger partial charge on any atom is 0.193 e. The standard InChI is InChI=1S/C17H20N4OS/c22-15-4-6-20(11-15)10-13-2-1-3-14(8-13)19-9-16-12-21-7-5-18-17(21)23-16/h1-3,5,7-8,12,15,19,22H,4,6,9-11H2/t15-/m0/s1. The van der Waals surface area contributed by atoms with Gasteiger partial charge in [-0.25, -0.2) is 4.98 Å². The number of thiazole rings is 1. The number of aliphatic hydroxyl groups excluding tert-OH is 1. The van der Waals surface area contributed by atoms with Crippen LogP contribution in [0.2, 0.25) is 0 Å². The molecule has 0 bridgehead atoms. The normalized spacial score (nSPS) is 18.7. The summed E-state index contributed by atoms with van der Waals surface area (Å²) in [6.07, 6.45) is 6.64. The first kappa shape index (κ1) is 14.7. The summed E-state index contributed by atoms with van der Waals surface area (Å²) in [4.78, 5) is 8.90. The van der Waals surface area contributed by atoms with Crippen LogP contribution in [0.5, 0.6) is 0 Å². The van der Waals surface area contributed by atoms with Crippen LogP contribution in [-0.4, -0.2) is 38.6 Å². The van der Waals surface area contributed by atoms with Crippen molar-refractivity contribution in [2.45, 2.75) is 25.6 Å². The average Bonchev–Trinajstić information content (AvgIpc) is 3.22. The first-order valence-electron chi connectivity index (χ1n) is 7.91. The fraction of sp³-hybridized carbons (Fsp3) is 0.353. The topological polar surface area (TPSA) is 52.8 Å². The third-order valence-electron chi connectivity index (χ3n) is 4.19. The molecule has 0 unspecified atom stereocenters. The molecule has 0 amide bonds. The lowest BCUT2D eigenvalue weighted by Gasteiger charge is -2.15. The van der Waals surface area contributed by atoms with Crippen LogP contribution in [0.1, 0.15) is 16.9 Å². The molecule has 0 spiro atoms. The van der Waals surface area contributed by atoms with Crippen LogP contribution >= 0.6 is 11.3 Å². The molecule has 1 aliphatic rings. The fourth-order valence-corrected chi connectivity index (χ4v) is 3.92. The summed E-state index contributed by atoms with van der Waals surface area (Å²) in [7, 11) is 0. The van der Waals surface area contributed by atoms with Gasteiger partial charge in [-0.1, -0.05) is 23.5 Å². The minimum atomic E-state index is -0.158. The molecular formula is C17H20N4OS. The van der Waals surface area contributed by atoms with Gasteiger partial charge in [0.15, 0.2) is 4.96 Å². The van der Waals surface area contributed by atoms with Gasteiger partial charge in [0.05, 0.1) is 12.6 Å². The van der Waals surface area contributed by atoms with Crippen LogP contribution in [0.4, 0.5) is 5.69 Å². The molecule has 1 saturated heterocycles. The van der Waals surface area contributed by atoms with Crippen LogP contribution < -0.4 is 5.32 Å². The number of nitrogens with one attached hydrogen (secondary N) is 1. The van der Waals surface area contributed by atoms with Gasteiger partial charge in [-0.15, -0.1) is 0 Å². The molecule has 0 radical (unpaired) electrons. The maximum absolute atomic E-state index is 9.62. The van der Waals surface area contributed by atoms with Gasteiger partial charge in [0.25, 0.3) is 0 Å². The Labute approximate surface area is 139 Å². The summed E-state index contributed by atoms with van der Waals surface area (Å²) in [5, 5.41) is 13.1. The summed E-state index contributed by atoms with van der Waals surface area (Å²) in [5.41, 5.74) is 2.42. The number of aromatic nitrogens is 2. The molecule has 2 aromatic heterocycles. The molecule has 3 heterocycles. The second-order valence-electron chi connectivity index (χ2n) is 6.05. The molecule has 1 atom stereocenters. The third kappa shape index (κ3) is 3.39. The number of rotatable bonds is 5. The summed E-state index contributed by atoms with van der Waals surface area (Å²) in [6.45, 7) is 3.47. The van der Waals surface area contributed by atoms with Crippen molar-refractivity contribution >= 4 is 22.0 Å². The van der Waals surface area contributed by atoms with E-state index in [4.69, 9.17) is 0 Å². The van der Waals surface area contributed by atoms with Crippen molar-refractivity contribution in [1.29, 1.82) is 0 Å². The van der Waals surface area contributed by atoms with E-state index >= 15 is 0 Å². The van der Waals surface area contributed by atoms with Gasteiger partial charge in [0.1, 0.15) is 0 Å². The van der Waals surface area contributed by atoms with Crippen molar-refractivity contribution < 1.29 is 5.11 Å². The Hall–Kier alpha value is -1.89. The number of hydrogen-bond acceptors (Lipinski definition) is 5. The number of likely N-dealkylation sites (tertiary alicyclic amines) is 1. The van der Waals surface area contributed by atoms with Crippen molar-refractivity contribution in [3.63, 3.8) is 0 Å². The molecule has 0 aliphatic carbocycles. The highest BCUT2D eigenvalue weighted by Crippen LogP contribution is 2.20. The number of β-amino-alcohol motifs (C(OH)–C–C–N with tert-alkyl or cyclic N) is 1. The Morgan fingerprint density at radius 1 is 1.39 bits per heavy atom. The van der Waals surface area contributed by atoms with Gasteiger partial charge in [0.2, 0.25) is 0 Å². The van der Waals surface area contributed by atoms with Gasteiger partial charge in [-0.05, 0) is 24.1 Å². The molecule has 23 heavy (non-hydrogen) atoms. The molecule has 5 nitrogen and oxygen atoms in total. The summed E-state index contributed by atoms with van der Waals surface area (Å²) in [5.74, 6) is 0. The zero-order chi connectivity index (χ0) is 15.6. The van der Waals surface area contributed by atoms with E-state index in [1.807, 2.05) is 12.4 Å². The molecule has 6 heteroatoms. The highest BCUT2D eigenvalue weighted by molar-refractivity contribution is 7.17. The lowest BCUT2D eigenvalue weighted by atomic mass is 10.2. The van der Waals surface area contributed by atoms with E-state index in [1.165, 1.54) is 10.4 Å². The number of imidazole rings is 1. The number of aliphatic hydroxyl groups is 1. The SMILES string of the molecule is O[C@H]1CCN(Cc2cccc(NCc3cn4ccnc4s3)c2)C1. The number of nitrogens with zero attached hydrogens (tertiary/aromatic N) is 3. The van der Waals surface area contributed by atoms with Crippen LogP contribution in [0.15, 0.2) is 42.9 Å². The minimum absolute atomic E-state index is 0.158. The third-order valence-corrected chi connectivity index (χ3v) is 5.20. The van der Waals surface area contributed by atoms with E-state index in [0.717, 1.165) is 43.2 Å². The predicted octanol–water partition coefficient (Wildman–Crippen LogP) is 2.57. The highest BCUT2D eigenvalue weighted by atomic mass is 32.1. The molecule has 120 valence electrons. The van der Waals surface area contributed by atoms with Crippen LogP contribution in [0.25, 0.3) is 4.96 Å². The van der Waals surface area contributed by atoms with Crippen LogP contribution in [0.3, 0.4) is 0 Å². The first-order valence-corrected chi connectivity index (χ1v) is 8.72. The molecule has 1 aliphatic heterocycles. The second kappa shape index (κ2) is 6.31. The lowest BCUT2D eigenvalue weighted by Crippen LogP contribution is -2.21. The number of benzene rings is 1. The number of fused-ring (bicyclic) bond motifs is 1. The second-order valence-corrected chi connectivity index (χ2v) is 7.14.